The standard InChI is InChI=1S/C14H24O3/c1-4-5-10-17-13(16)14(8-9-14)12(15)7-6-11(2)3/h6-7,11-12,15H,4-5,8-10H2,1-3H3/b7-6+/t12-/m1/s1. The lowest BCUT2D eigenvalue weighted by Crippen LogP contribution is -2.30. The summed E-state index contributed by atoms with van der Waals surface area (Å²) in [5.41, 5.74) is -0.640. The summed E-state index contributed by atoms with van der Waals surface area (Å²) in [6.07, 6.45) is 6.35. The maximum Gasteiger partial charge on any atom is 0.315 e. The number of hydrogen-bond acceptors (Lipinski definition) is 3. The Morgan fingerprint density at radius 1 is 1.41 bits per heavy atom. The molecule has 98 valence electrons. The van der Waals surface area contributed by atoms with Crippen molar-refractivity contribution < 1.29 is 14.6 Å². The Morgan fingerprint density at radius 3 is 2.53 bits per heavy atom. The van der Waals surface area contributed by atoms with Crippen LogP contribution in [0.2, 0.25) is 0 Å². The molecule has 0 unspecified atom stereocenters. The quantitative estimate of drug-likeness (QED) is 0.423. The second-order valence-electron chi connectivity index (χ2n) is 5.22. The highest BCUT2D eigenvalue weighted by atomic mass is 16.5. The summed E-state index contributed by atoms with van der Waals surface area (Å²) in [5.74, 6) is 0.156. The fourth-order valence-electron chi connectivity index (χ4n) is 1.72. The van der Waals surface area contributed by atoms with E-state index in [0.29, 0.717) is 12.5 Å². The molecule has 0 aromatic heterocycles. The number of unbranched alkanes of at least 4 members (excludes halogenated alkanes) is 1. The van der Waals surface area contributed by atoms with Gasteiger partial charge in [-0.2, -0.15) is 0 Å². The van der Waals surface area contributed by atoms with Crippen molar-refractivity contribution in [2.45, 2.75) is 52.6 Å². The van der Waals surface area contributed by atoms with Gasteiger partial charge in [0.05, 0.1) is 18.1 Å². The number of esters is 1. The van der Waals surface area contributed by atoms with Gasteiger partial charge in [-0.05, 0) is 25.2 Å². The molecule has 1 aliphatic rings. The molecule has 0 amide bonds. The Morgan fingerprint density at radius 2 is 2.06 bits per heavy atom. The van der Waals surface area contributed by atoms with Crippen LogP contribution in [0.5, 0.6) is 0 Å². The van der Waals surface area contributed by atoms with Crippen LogP contribution in [-0.4, -0.2) is 23.8 Å². The van der Waals surface area contributed by atoms with Gasteiger partial charge in [-0.1, -0.05) is 39.3 Å². The molecule has 0 aromatic rings. The van der Waals surface area contributed by atoms with Crippen molar-refractivity contribution in [3.05, 3.63) is 12.2 Å². The van der Waals surface area contributed by atoms with Crippen LogP contribution >= 0.6 is 0 Å². The second kappa shape index (κ2) is 6.20. The summed E-state index contributed by atoms with van der Waals surface area (Å²) in [6.45, 7) is 6.61. The Hall–Kier alpha value is -0.830. The Labute approximate surface area is 104 Å². The first-order valence-electron chi connectivity index (χ1n) is 6.56. The number of aliphatic hydroxyl groups is 1. The minimum Gasteiger partial charge on any atom is -0.465 e. The third kappa shape index (κ3) is 3.84. The Balaban J connectivity index is 2.47. The highest BCUT2D eigenvalue weighted by Crippen LogP contribution is 2.50. The number of ether oxygens (including phenoxy) is 1. The summed E-state index contributed by atoms with van der Waals surface area (Å²) in [5, 5.41) is 10.0. The van der Waals surface area contributed by atoms with E-state index in [1.807, 2.05) is 19.9 Å². The fourth-order valence-corrected chi connectivity index (χ4v) is 1.72. The second-order valence-corrected chi connectivity index (χ2v) is 5.22. The average Bonchev–Trinajstić information content (AvgIpc) is 3.07. The van der Waals surface area contributed by atoms with Gasteiger partial charge in [-0.3, -0.25) is 4.79 Å². The molecule has 0 aliphatic heterocycles. The molecule has 0 heterocycles. The van der Waals surface area contributed by atoms with E-state index in [1.54, 1.807) is 6.08 Å². The topological polar surface area (TPSA) is 46.5 Å². The first-order chi connectivity index (χ1) is 8.03. The Kier molecular flexibility index (Phi) is 5.19. The minimum absolute atomic E-state index is 0.230. The number of carbonyl (C=O) groups excluding carboxylic acids is 1. The maximum atomic E-state index is 11.9. The monoisotopic (exact) mass is 240 g/mol. The first kappa shape index (κ1) is 14.2. The molecule has 0 saturated heterocycles. The van der Waals surface area contributed by atoms with Gasteiger partial charge in [-0.25, -0.2) is 0 Å². The summed E-state index contributed by atoms with van der Waals surface area (Å²) < 4.78 is 5.20. The van der Waals surface area contributed by atoms with Crippen LogP contribution in [0.25, 0.3) is 0 Å². The molecule has 3 nitrogen and oxygen atoms in total. The Bertz CT molecular complexity index is 277. The zero-order valence-corrected chi connectivity index (χ0v) is 11.1. The summed E-state index contributed by atoms with van der Waals surface area (Å²) >= 11 is 0. The third-order valence-electron chi connectivity index (χ3n) is 3.17. The van der Waals surface area contributed by atoms with Crippen LogP contribution in [0.15, 0.2) is 12.2 Å². The highest BCUT2D eigenvalue weighted by Gasteiger charge is 2.56. The van der Waals surface area contributed by atoms with Crippen molar-refractivity contribution in [2.75, 3.05) is 6.61 Å². The first-order valence-corrected chi connectivity index (χ1v) is 6.56. The van der Waals surface area contributed by atoms with Gasteiger partial charge < -0.3 is 9.84 Å². The lowest BCUT2D eigenvalue weighted by Gasteiger charge is -2.18. The van der Waals surface area contributed by atoms with Crippen LogP contribution in [0, 0.1) is 11.3 Å². The average molecular weight is 240 g/mol. The number of rotatable bonds is 7. The van der Waals surface area contributed by atoms with Gasteiger partial charge in [0, 0.05) is 0 Å². The maximum absolute atomic E-state index is 11.9. The number of hydrogen-bond donors (Lipinski definition) is 1. The van der Waals surface area contributed by atoms with E-state index in [-0.39, 0.29) is 5.97 Å². The van der Waals surface area contributed by atoms with Crippen molar-refractivity contribution in [1.29, 1.82) is 0 Å². The molecule has 1 fully saturated rings. The summed E-state index contributed by atoms with van der Waals surface area (Å²) in [4.78, 5) is 11.9. The van der Waals surface area contributed by atoms with Crippen LogP contribution in [0.4, 0.5) is 0 Å². The normalized spacial score (nSPS) is 19.6. The van der Waals surface area contributed by atoms with Crippen molar-refractivity contribution in [3.8, 4) is 0 Å². The van der Waals surface area contributed by atoms with Crippen molar-refractivity contribution in [1.82, 2.24) is 0 Å². The zero-order valence-electron chi connectivity index (χ0n) is 11.1. The lowest BCUT2D eigenvalue weighted by atomic mass is 9.98. The molecular weight excluding hydrogens is 216 g/mol. The van der Waals surface area contributed by atoms with E-state index in [0.717, 1.165) is 25.7 Å². The predicted octanol–water partition coefficient (Wildman–Crippen LogP) is 2.68. The number of allylic oxidation sites excluding steroid dienone is 1. The molecule has 3 heteroatoms. The molecule has 1 aliphatic carbocycles. The molecule has 0 radical (unpaired) electrons. The van der Waals surface area contributed by atoms with Crippen molar-refractivity contribution in [3.63, 3.8) is 0 Å². The highest BCUT2D eigenvalue weighted by molar-refractivity contribution is 5.81. The zero-order chi connectivity index (χ0) is 12.9. The number of carbonyl (C=O) groups is 1. The van der Waals surface area contributed by atoms with Crippen molar-refractivity contribution >= 4 is 5.97 Å². The summed E-state index contributed by atoms with van der Waals surface area (Å²) in [7, 11) is 0. The van der Waals surface area contributed by atoms with Gasteiger partial charge in [-0.15, -0.1) is 0 Å². The molecule has 17 heavy (non-hydrogen) atoms. The van der Waals surface area contributed by atoms with Gasteiger partial charge in [0.25, 0.3) is 0 Å². The van der Waals surface area contributed by atoms with E-state index >= 15 is 0 Å². The summed E-state index contributed by atoms with van der Waals surface area (Å²) in [6, 6.07) is 0. The van der Waals surface area contributed by atoms with E-state index in [2.05, 4.69) is 6.92 Å². The van der Waals surface area contributed by atoms with Gasteiger partial charge in [0.15, 0.2) is 0 Å². The molecule has 0 bridgehead atoms. The van der Waals surface area contributed by atoms with Gasteiger partial charge in [0.2, 0.25) is 0 Å². The van der Waals surface area contributed by atoms with Crippen LogP contribution in [0.3, 0.4) is 0 Å². The SMILES string of the molecule is CCCCOC(=O)C1([C@H](O)/C=C/C(C)C)CC1. The van der Waals surface area contributed by atoms with E-state index in [9.17, 15) is 9.90 Å². The van der Waals surface area contributed by atoms with E-state index < -0.39 is 11.5 Å². The molecular formula is C14H24O3. The fraction of sp³-hybridized carbons (Fsp3) is 0.786. The largest absolute Gasteiger partial charge is 0.465 e. The number of aliphatic hydroxyl groups excluding tert-OH is 1. The minimum atomic E-state index is -0.695. The van der Waals surface area contributed by atoms with Crippen LogP contribution in [-0.2, 0) is 9.53 Å². The molecule has 1 saturated carbocycles. The molecule has 0 spiro atoms. The predicted molar refractivity (Wildman–Crippen MR) is 67.5 cm³/mol. The molecule has 1 atom stereocenters. The van der Waals surface area contributed by atoms with E-state index in [1.165, 1.54) is 0 Å². The van der Waals surface area contributed by atoms with Crippen molar-refractivity contribution in [2.24, 2.45) is 11.3 Å². The molecule has 1 N–H and O–H groups in total. The third-order valence-corrected chi connectivity index (χ3v) is 3.17. The van der Waals surface area contributed by atoms with Gasteiger partial charge in [0.1, 0.15) is 0 Å². The smallest absolute Gasteiger partial charge is 0.315 e. The molecule has 1 rings (SSSR count). The molecule has 0 aromatic carbocycles. The van der Waals surface area contributed by atoms with Crippen LogP contribution in [0.1, 0.15) is 46.5 Å². The van der Waals surface area contributed by atoms with E-state index in [4.69, 9.17) is 4.74 Å². The lowest BCUT2D eigenvalue weighted by molar-refractivity contribution is -0.153. The van der Waals surface area contributed by atoms with Crippen LogP contribution < -0.4 is 0 Å². The van der Waals surface area contributed by atoms with Gasteiger partial charge >= 0.3 is 5.97 Å².